The molecule has 3 rings (SSSR count). The Bertz CT molecular complexity index is 692. The molecule has 0 bridgehead atoms. The average Bonchev–Trinajstić information content (AvgIpc) is 3.35. The lowest BCUT2D eigenvalue weighted by atomic mass is 10.0. The van der Waals surface area contributed by atoms with E-state index in [0.29, 0.717) is 28.9 Å². The number of rotatable bonds is 6. The fraction of sp³-hybridized carbons (Fsp3) is 0.350. The second-order valence-electron chi connectivity index (χ2n) is 6.34. The monoisotopic (exact) mass is 325 g/mol. The molecule has 0 saturated heterocycles. The molecule has 1 amide bonds. The van der Waals surface area contributed by atoms with Crippen molar-refractivity contribution in [3.05, 3.63) is 59.7 Å². The maximum absolute atomic E-state index is 12.8. The number of hydrogen-bond acceptors (Lipinski definition) is 3. The minimum Gasteiger partial charge on any atom is -0.497 e. The second-order valence-corrected chi connectivity index (χ2v) is 6.34. The van der Waals surface area contributed by atoms with Gasteiger partial charge in [0.05, 0.1) is 20.3 Å². The average molecular weight is 325 g/mol. The molecule has 4 nitrogen and oxygen atoms in total. The van der Waals surface area contributed by atoms with Crippen LogP contribution in [-0.2, 0) is 0 Å². The van der Waals surface area contributed by atoms with Gasteiger partial charge in [0.1, 0.15) is 11.5 Å². The predicted octanol–water partition coefficient (Wildman–Crippen LogP) is 3.83. The second kappa shape index (κ2) is 6.95. The van der Waals surface area contributed by atoms with Gasteiger partial charge in [0.25, 0.3) is 5.91 Å². The Balaban J connectivity index is 1.84. The summed E-state index contributed by atoms with van der Waals surface area (Å²) in [7, 11) is 3.16. The summed E-state index contributed by atoms with van der Waals surface area (Å²) in [5, 5.41) is 3.19. The van der Waals surface area contributed by atoms with Crippen molar-refractivity contribution >= 4 is 5.91 Å². The molecule has 3 unspecified atom stereocenters. The van der Waals surface area contributed by atoms with Crippen molar-refractivity contribution in [3.63, 3.8) is 0 Å². The van der Waals surface area contributed by atoms with Crippen molar-refractivity contribution in [1.82, 2.24) is 5.32 Å². The van der Waals surface area contributed by atoms with Crippen LogP contribution in [-0.4, -0.2) is 20.1 Å². The van der Waals surface area contributed by atoms with Gasteiger partial charge in [-0.15, -0.1) is 0 Å². The Labute approximate surface area is 142 Å². The highest BCUT2D eigenvalue weighted by atomic mass is 16.5. The van der Waals surface area contributed by atoms with Crippen LogP contribution < -0.4 is 14.8 Å². The number of methoxy groups -OCH3 is 2. The van der Waals surface area contributed by atoms with Gasteiger partial charge in [0.2, 0.25) is 0 Å². The van der Waals surface area contributed by atoms with Gasteiger partial charge in [-0.2, -0.15) is 0 Å². The van der Waals surface area contributed by atoms with Crippen LogP contribution in [0.2, 0.25) is 0 Å². The maximum atomic E-state index is 12.8. The zero-order valence-electron chi connectivity index (χ0n) is 14.3. The molecule has 1 N–H and O–H groups in total. The molecule has 1 aliphatic carbocycles. The van der Waals surface area contributed by atoms with Crippen LogP contribution in [0, 0.1) is 11.8 Å². The van der Waals surface area contributed by atoms with E-state index in [9.17, 15) is 4.79 Å². The Morgan fingerprint density at radius 2 is 1.67 bits per heavy atom. The van der Waals surface area contributed by atoms with Crippen molar-refractivity contribution in [3.8, 4) is 11.5 Å². The predicted molar refractivity (Wildman–Crippen MR) is 93.5 cm³/mol. The van der Waals surface area contributed by atoms with Crippen molar-refractivity contribution in [2.24, 2.45) is 11.8 Å². The molecule has 1 fully saturated rings. The summed E-state index contributed by atoms with van der Waals surface area (Å²) in [5.41, 5.74) is 1.69. The number of amides is 1. The van der Waals surface area contributed by atoms with Gasteiger partial charge in [0.15, 0.2) is 0 Å². The molecule has 0 spiro atoms. The molecule has 3 atom stereocenters. The molecule has 4 heteroatoms. The number of ether oxygens (including phenoxy) is 2. The van der Waals surface area contributed by atoms with Crippen LogP contribution in [0.15, 0.2) is 48.5 Å². The molecule has 126 valence electrons. The Morgan fingerprint density at radius 1 is 1.08 bits per heavy atom. The van der Waals surface area contributed by atoms with Gasteiger partial charge < -0.3 is 14.8 Å². The zero-order chi connectivity index (χ0) is 17.1. The molecule has 1 aliphatic rings. The molecular weight excluding hydrogens is 302 g/mol. The van der Waals surface area contributed by atoms with Crippen LogP contribution in [0.4, 0.5) is 0 Å². The van der Waals surface area contributed by atoms with E-state index < -0.39 is 0 Å². The van der Waals surface area contributed by atoms with Crippen LogP contribution in [0.25, 0.3) is 0 Å². The summed E-state index contributed by atoms with van der Waals surface area (Å²) < 4.78 is 10.5. The zero-order valence-corrected chi connectivity index (χ0v) is 14.3. The lowest BCUT2D eigenvalue weighted by Gasteiger charge is -2.20. The molecule has 0 heterocycles. The third kappa shape index (κ3) is 3.53. The third-order valence-electron chi connectivity index (χ3n) is 4.66. The third-order valence-corrected chi connectivity index (χ3v) is 4.66. The standard InChI is InChI=1S/C20H23NO3/c1-13-9-18(13)19(14-7-5-4-6-8-14)21-20(22)15-10-16(23-2)12-17(11-15)24-3/h4-8,10-13,18-19H,9H2,1-3H3,(H,21,22). The van der Waals surface area contributed by atoms with Crippen LogP contribution in [0.3, 0.4) is 0 Å². The van der Waals surface area contributed by atoms with Crippen molar-refractivity contribution < 1.29 is 14.3 Å². The Kier molecular flexibility index (Phi) is 4.74. The number of carbonyl (C=O) groups is 1. The summed E-state index contributed by atoms with van der Waals surface area (Å²) >= 11 is 0. The van der Waals surface area contributed by atoms with Crippen LogP contribution >= 0.6 is 0 Å². The topological polar surface area (TPSA) is 47.6 Å². The van der Waals surface area contributed by atoms with E-state index >= 15 is 0 Å². The highest BCUT2D eigenvalue weighted by Crippen LogP contribution is 2.47. The maximum Gasteiger partial charge on any atom is 0.252 e. The fourth-order valence-electron chi connectivity index (χ4n) is 3.08. The molecule has 2 aromatic carbocycles. The van der Waals surface area contributed by atoms with Crippen LogP contribution in [0.1, 0.15) is 35.3 Å². The minimum absolute atomic E-state index is 0.0332. The summed E-state index contributed by atoms with van der Waals surface area (Å²) in [6, 6.07) is 15.4. The highest BCUT2D eigenvalue weighted by molar-refractivity contribution is 5.95. The number of hydrogen-bond donors (Lipinski definition) is 1. The van der Waals surface area contributed by atoms with Gasteiger partial charge in [-0.3, -0.25) is 4.79 Å². The van der Waals surface area contributed by atoms with E-state index in [1.807, 2.05) is 18.2 Å². The molecule has 24 heavy (non-hydrogen) atoms. The SMILES string of the molecule is COc1cc(OC)cc(C(=O)NC(c2ccccc2)C2CC2C)c1. The van der Waals surface area contributed by atoms with Crippen molar-refractivity contribution in [2.45, 2.75) is 19.4 Å². The van der Waals surface area contributed by atoms with E-state index in [-0.39, 0.29) is 11.9 Å². The van der Waals surface area contributed by atoms with Crippen molar-refractivity contribution in [1.29, 1.82) is 0 Å². The number of benzene rings is 2. The van der Waals surface area contributed by atoms with E-state index in [1.54, 1.807) is 32.4 Å². The Hall–Kier alpha value is -2.49. The first-order valence-electron chi connectivity index (χ1n) is 8.21. The van der Waals surface area contributed by atoms with Crippen molar-refractivity contribution in [2.75, 3.05) is 14.2 Å². The molecule has 0 aromatic heterocycles. The normalized spacial score (nSPS) is 20.1. The van der Waals surface area contributed by atoms with Gasteiger partial charge in [-0.05, 0) is 36.0 Å². The molecule has 1 saturated carbocycles. The van der Waals surface area contributed by atoms with E-state index in [0.717, 1.165) is 12.0 Å². The smallest absolute Gasteiger partial charge is 0.252 e. The largest absolute Gasteiger partial charge is 0.497 e. The summed E-state index contributed by atoms with van der Waals surface area (Å²) in [6.45, 7) is 2.22. The van der Waals surface area contributed by atoms with E-state index in [4.69, 9.17) is 9.47 Å². The van der Waals surface area contributed by atoms with Gasteiger partial charge in [-0.1, -0.05) is 37.3 Å². The summed E-state index contributed by atoms with van der Waals surface area (Å²) in [4.78, 5) is 12.8. The summed E-state index contributed by atoms with van der Waals surface area (Å²) in [6.07, 6.45) is 1.14. The quantitative estimate of drug-likeness (QED) is 0.878. The van der Waals surface area contributed by atoms with Gasteiger partial charge >= 0.3 is 0 Å². The first-order valence-corrected chi connectivity index (χ1v) is 8.21. The van der Waals surface area contributed by atoms with Gasteiger partial charge in [-0.25, -0.2) is 0 Å². The van der Waals surface area contributed by atoms with Gasteiger partial charge in [0, 0.05) is 11.6 Å². The fourth-order valence-corrected chi connectivity index (χ4v) is 3.08. The lowest BCUT2D eigenvalue weighted by Crippen LogP contribution is -2.30. The minimum atomic E-state index is -0.111. The van der Waals surface area contributed by atoms with Crippen LogP contribution in [0.5, 0.6) is 11.5 Å². The first-order chi connectivity index (χ1) is 11.6. The highest BCUT2D eigenvalue weighted by Gasteiger charge is 2.41. The number of nitrogens with one attached hydrogen (secondary N) is 1. The van der Waals surface area contributed by atoms with E-state index in [1.165, 1.54) is 0 Å². The Morgan fingerprint density at radius 3 is 2.17 bits per heavy atom. The molecule has 0 aliphatic heterocycles. The molecule has 0 radical (unpaired) electrons. The lowest BCUT2D eigenvalue weighted by molar-refractivity contribution is 0.0930. The molecular formula is C20H23NO3. The molecule has 2 aromatic rings. The summed E-state index contributed by atoms with van der Waals surface area (Å²) in [5.74, 6) is 2.23. The van der Waals surface area contributed by atoms with E-state index in [2.05, 4.69) is 24.4 Å². The number of carbonyl (C=O) groups excluding carboxylic acids is 1. The first kappa shape index (κ1) is 16.4.